The summed E-state index contributed by atoms with van der Waals surface area (Å²) in [5.41, 5.74) is 0.963. The maximum atomic E-state index is 5.95. The molecule has 5 heteroatoms. The van der Waals surface area contributed by atoms with Crippen molar-refractivity contribution in [3.8, 4) is 0 Å². The van der Waals surface area contributed by atoms with Crippen LogP contribution in [0.2, 0.25) is 5.15 Å². The van der Waals surface area contributed by atoms with Gasteiger partial charge in [0.1, 0.15) is 16.8 Å². The van der Waals surface area contributed by atoms with E-state index in [4.69, 9.17) is 11.6 Å². The molecule has 2 heterocycles. The zero-order valence-corrected chi connectivity index (χ0v) is 11.1. The highest BCUT2D eigenvalue weighted by atomic mass is 35.5. The van der Waals surface area contributed by atoms with Crippen LogP contribution in [0.5, 0.6) is 0 Å². The highest BCUT2D eigenvalue weighted by Gasteiger charge is 2.08. The van der Waals surface area contributed by atoms with Crippen molar-refractivity contribution in [3.63, 3.8) is 0 Å². The molecular formula is C13H15ClN4. The van der Waals surface area contributed by atoms with Crippen LogP contribution in [0.3, 0.4) is 0 Å². The minimum absolute atomic E-state index is 0.0712. The van der Waals surface area contributed by atoms with Gasteiger partial charge in [-0.1, -0.05) is 24.6 Å². The fourth-order valence-electron chi connectivity index (χ4n) is 1.62. The second-order valence-corrected chi connectivity index (χ2v) is 4.35. The third-order valence-corrected chi connectivity index (χ3v) is 2.75. The van der Waals surface area contributed by atoms with E-state index in [1.54, 1.807) is 12.3 Å². The van der Waals surface area contributed by atoms with Crippen LogP contribution in [-0.4, -0.2) is 15.0 Å². The van der Waals surface area contributed by atoms with Crippen LogP contribution in [0, 0.1) is 0 Å². The molecule has 1 unspecified atom stereocenters. The van der Waals surface area contributed by atoms with E-state index in [1.165, 1.54) is 0 Å². The molecule has 0 spiro atoms. The lowest BCUT2D eigenvalue weighted by Crippen LogP contribution is -2.10. The molecule has 0 aliphatic heterocycles. The Kier molecular flexibility index (Phi) is 4.10. The smallest absolute Gasteiger partial charge is 0.134 e. The van der Waals surface area contributed by atoms with Crippen LogP contribution in [0.15, 0.2) is 30.5 Å². The van der Waals surface area contributed by atoms with Crippen molar-refractivity contribution in [1.29, 1.82) is 0 Å². The van der Waals surface area contributed by atoms with Crippen LogP contribution >= 0.6 is 11.6 Å². The first-order valence-corrected chi connectivity index (χ1v) is 6.27. The highest BCUT2D eigenvalue weighted by Crippen LogP contribution is 2.18. The quantitative estimate of drug-likeness (QED) is 0.860. The number of halogens is 1. The monoisotopic (exact) mass is 262 g/mol. The predicted molar refractivity (Wildman–Crippen MR) is 72.7 cm³/mol. The van der Waals surface area contributed by atoms with E-state index in [0.29, 0.717) is 5.15 Å². The number of hydrogen-bond acceptors (Lipinski definition) is 4. The number of nitrogens with zero attached hydrogens (tertiary/aromatic N) is 3. The molecule has 0 amide bonds. The van der Waals surface area contributed by atoms with Crippen LogP contribution in [0.25, 0.3) is 0 Å². The number of pyridine rings is 1. The average Bonchev–Trinajstić information content (AvgIpc) is 2.39. The van der Waals surface area contributed by atoms with Crippen molar-refractivity contribution in [2.24, 2.45) is 0 Å². The van der Waals surface area contributed by atoms with Crippen molar-refractivity contribution in [1.82, 2.24) is 15.0 Å². The molecule has 1 N–H and O–H groups in total. The molecule has 0 saturated carbocycles. The summed E-state index contributed by atoms with van der Waals surface area (Å²) in [5.74, 6) is 1.46. The second kappa shape index (κ2) is 5.78. The lowest BCUT2D eigenvalue weighted by atomic mass is 10.2. The molecule has 0 radical (unpaired) electrons. The van der Waals surface area contributed by atoms with Crippen LogP contribution < -0.4 is 5.32 Å². The Bertz CT molecular complexity index is 516. The van der Waals surface area contributed by atoms with E-state index in [9.17, 15) is 0 Å². The molecule has 2 rings (SSSR count). The van der Waals surface area contributed by atoms with E-state index in [1.807, 2.05) is 32.0 Å². The maximum absolute atomic E-state index is 5.95. The first kappa shape index (κ1) is 12.8. The summed E-state index contributed by atoms with van der Waals surface area (Å²) in [5, 5.41) is 3.73. The van der Waals surface area contributed by atoms with E-state index >= 15 is 0 Å². The molecule has 0 bridgehead atoms. The van der Waals surface area contributed by atoms with Gasteiger partial charge in [-0.3, -0.25) is 4.98 Å². The Hall–Kier alpha value is -1.68. The molecular weight excluding hydrogens is 248 g/mol. The van der Waals surface area contributed by atoms with Gasteiger partial charge in [0.05, 0.1) is 11.7 Å². The summed E-state index contributed by atoms with van der Waals surface area (Å²) in [6, 6.07) is 7.63. The molecule has 0 fully saturated rings. The van der Waals surface area contributed by atoms with Crippen molar-refractivity contribution in [2.75, 3.05) is 5.32 Å². The molecule has 0 saturated heterocycles. The highest BCUT2D eigenvalue weighted by molar-refractivity contribution is 6.29. The van der Waals surface area contributed by atoms with Gasteiger partial charge in [-0.2, -0.15) is 0 Å². The SMILES string of the molecule is CCc1nc(Cl)cc(NC(C)c2ccccn2)n1. The van der Waals surface area contributed by atoms with Gasteiger partial charge in [0.15, 0.2) is 0 Å². The minimum Gasteiger partial charge on any atom is -0.362 e. The summed E-state index contributed by atoms with van der Waals surface area (Å²) in [4.78, 5) is 12.8. The second-order valence-electron chi connectivity index (χ2n) is 3.97. The lowest BCUT2D eigenvalue weighted by molar-refractivity contribution is 0.822. The maximum Gasteiger partial charge on any atom is 0.134 e. The largest absolute Gasteiger partial charge is 0.362 e. The van der Waals surface area contributed by atoms with Crippen molar-refractivity contribution >= 4 is 17.4 Å². The molecule has 2 aromatic heterocycles. The van der Waals surface area contributed by atoms with Gasteiger partial charge in [-0.05, 0) is 19.1 Å². The van der Waals surface area contributed by atoms with Crippen LogP contribution in [0.1, 0.15) is 31.4 Å². The van der Waals surface area contributed by atoms with Gasteiger partial charge in [0.25, 0.3) is 0 Å². The van der Waals surface area contributed by atoms with Crippen molar-refractivity contribution in [3.05, 3.63) is 47.1 Å². The number of aryl methyl sites for hydroxylation is 1. The molecule has 2 aromatic rings. The first-order chi connectivity index (χ1) is 8.69. The number of anilines is 1. The summed E-state index contributed by atoms with van der Waals surface area (Å²) in [6.07, 6.45) is 2.53. The molecule has 18 heavy (non-hydrogen) atoms. The van der Waals surface area contributed by atoms with E-state index < -0.39 is 0 Å². The average molecular weight is 263 g/mol. The van der Waals surface area contributed by atoms with Gasteiger partial charge < -0.3 is 5.32 Å². The van der Waals surface area contributed by atoms with Gasteiger partial charge in [-0.15, -0.1) is 0 Å². The minimum atomic E-state index is 0.0712. The number of hydrogen-bond donors (Lipinski definition) is 1. The Morgan fingerprint density at radius 2 is 2.17 bits per heavy atom. The third kappa shape index (κ3) is 3.17. The summed E-state index contributed by atoms with van der Waals surface area (Å²) in [6.45, 7) is 4.03. The Labute approximate surface area is 111 Å². The summed E-state index contributed by atoms with van der Waals surface area (Å²) < 4.78 is 0. The zero-order chi connectivity index (χ0) is 13.0. The summed E-state index contributed by atoms with van der Waals surface area (Å²) >= 11 is 5.95. The van der Waals surface area contributed by atoms with Crippen LogP contribution in [-0.2, 0) is 6.42 Å². The normalized spacial score (nSPS) is 12.2. The molecule has 1 atom stereocenters. The van der Waals surface area contributed by atoms with Gasteiger partial charge in [0, 0.05) is 18.7 Å². The molecule has 4 nitrogen and oxygen atoms in total. The Morgan fingerprint density at radius 3 is 2.83 bits per heavy atom. The topological polar surface area (TPSA) is 50.7 Å². The Balaban J connectivity index is 2.16. The molecule has 0 aromatic carbocycles. The fraction of sp³-hybridized carbons (Fsp3) is 0.308. The fourth-order valence-corrected chi connectivity index (χ4v) is 1.83. The predicted octanol–water partition coefficient (Wildman–Crippen LogP) is 3.26. The van der Waals surface area contributed by atoms with Crippen LogP contribution in [0.4, 0.5) is 5.82 Å². The number of aromatic nitrogens is 3. The van der Waals surface area contributed by atoms with E-state index in [-0.39, 0.29) is 6.04 Å². The van der Waals surface area contributed by atoms with Crippen molar-refractivity contribution in [2.45, 2.75) is 26.3 Å². The molecule has 0 aliphatic rings. The molecule has 0 aliphatic carbocycles. The molecule has 94 valence electrons. The van der Waals surface area contributed by atoms with Gasteiger partial charge in [0.2, 0.25) is 0 Å². The summed E-state index contributed by atoms with van der Waals surface area (Å²) in [7, 11) is 0. The third-order valence-electron chi connectivity index (χ3n) is 2.55. The zero-order valence-electron chi connectivity index (χ0n) is 10.4. The van der Waals surface area contributed by atoms with Crippen molar-refractivity contribution < 1.29 is 0 Å². The number of nitrogens with one attached hydrogen (secondary N) is 1. The lowest BCUT2D eigenvalue weighted by Gasteiger charge is -2.14. The Morgan fingerprint density at radius 1 is 1.33 bits per heavy atom. The standard InChI is InChI=1S/C13H15ClN4/c1-3-12-17-11(14)8-13(18-12)16-9(2)10-6-4-5-7-15-10/h4-9H,3H2,1-2H3,(H,16,17,18). The van der Waals surface area contributed by atoms with Gasteiger partial charge in [-0.25, -0.2) is 9.97 Å². The first-order valence-electron chi connectivity index (χ1n) is 5.90. The van der Waals surface area contributed by atoms with E-state index in [2.05, 4.69) is 20.3 Å². The van der Waals surface area contributed by atoms with Gasteiger partial charge >= 0.3 is 0 Å². The number of rotatable bonds is 4. The van der Waals surface area contributed by atoms with E-state index in [0.717, 1.165) is 23.8 Å².